The van der Waals surface area contributed by atoms with E-state index >= 15 is 0 Å². The smallest absolute Gasteiger partial charge is 0.213 e. The summed E-state index contributed by atoms with van der Waals surface area (Å²) in [4.78, 5) is 8.66. The molecular weight excluding hydrogens is 507 g/mol. The minimum atomic E-state index is 0. The van der Waals surface area contributed by atoms with Gasteiger partial charge in [0.15, 0.2) is 17.5 Å². The summed E-state index contributed by atoms with van der Waals surface area (Å²) in [5.74, 6) is 2.85. The van der Waals surface area contributed by atoms with Crippen molar-refractivity contribution < 1.29 is 14.2 Å². The predicted octanol–water partition coefficient (Wildman–Crippen LogP) is 4.71. The Labute approximate surface area is 203 Å². The number of pyridine rings is 1. The van der Waals surface area contributed by atoms with Crippen LogP contribution >= 0.6 is 24.0 Å². The van der Waals surface area contributed by atoms with Crippen LogP contribution in [0.5, 0.6) is 17.4 Å². The molecule has 0 aliphatic heterocycles. The van der Waals surface area contributed by atoms with Gasteiger partial charge in [0.05, 0.1) is 25.4 Å². The average Bonchev–Trinajstić information content (AvgIpc) is 2.73. The quantitative estimate of drug-likeness (QED) is 0.257. The summed E-state index contributed by atoms with van der Waals surface area (Å²) in [7, 11) is 1.75. The molecule has 1 aromatic heterocycles. The van der Waals surface area contributed by atoms with Gasteiger partial charge in [-0.15, -0.1) is 24.0 Å². The fourth-order valence-corrected chi connectivity index (χ4v) is 2.83. The maximum absolute atomic E-state index is 5.73. The molecule has 0 saturated carbocycles. The van der Waals surface area contributed by atoms with Gasteiger partial charge in [-0.1, -0.05) is 12.1 Å². The number of benzene rings is 1. The zero-order chi connectivity index (χ0) is 21.9. The Hall–Kier alpha value is -2.23. The SMILES string of the molecule is CCOc1ccc(C(C)NC(=NC)NCc2ccc(OC(C)C)nc2)cc1OCC.I. The van der Waals surface area contributed by atoms with Gasteiger partial charge in [-0.3, -0.25) is 4.99 Å². The van der Waals surface area contributed by atoms with Crippen LogP contribution in [-0.4, -0.2) is 37.3 Å². The van der Waals surface area contributed by atoms with E-state index in [9.17, 15) is 0 Å². The molecule has 0 radical (unpaired) electrons. The molecule has 0 amide bonds. The molecule has 1 unspecified atom stereocenters. The first-order chi connectivity index (χ1) is 14.5. The number of nitrogens with zero attached hydrogens (tertiary/aromatic N) is 2. The van der Waals surface area contributed by atoms with Gasteiger partial charge < -0.3 is 24.8 Å². The topological polar surface area (TPSA) is 77.0 Å². The zero-order valence-electron chi connectivity index (χ0n) is 19.3. The molecule has 2 aromatic rings. The van der Waals surface area contributed by atoms with E-state index in [0.717, 1.165) is 22.6 Å². The van der Waals surface area contributed by atoms with Crippen LogP contribution in [0.3, 0.4) is 0 Å². The summed E-state index contributed by atoms with van der Waals surface area (Å²) in [6, 6.07) is 9.91. The summed E-state index contributed by atoms with van der Waals surface area (Å²) >= 11 is 0. The lowest BCUT2D eigenvalue weighted by molar-refractivity contribution is 0.232. The van der Waals surface area contributed by atoms with Crippen molar-refractivity contribution in [3.63, 3.8) is 0 Å². The highest BCUT2D eigenvalue weighted by atomic mass is 127. The van der Waals surface area contributed by atoms with Gasteiger partial charge in [0, 0.05) is 25.9 Å². The lowest BCUT2D eigenvalue weighted by Gasteiger charge is -2.20. The second-order valence-corrected chi connectivity index (χ2v) is 7.04. The Bertz CT molecular complexity index is 813. The largest absolute Gasteiger partial charge is 0.490 e. The minimum absolute atomic E-state index is 0. The maximum atomic E-state index is 5.73. The zero-order valence-corrected chi connectivity index (χ0v) is 21.6. The second-order valence-electron chi connectivity index (χ2n) is 7.04. The standard InChI is InChI=1S/C23H34N4O3.HI/c1-7-28-20-11-10-19(13-21(20)29-8-2)17(5)27-23(24-6)26-15-18-9-12-22(25-14-18)30-16(3)4;/h9-14,16-17H,7-8,15H2,1-6H3,(H2,24,26,27);1H. The molecule has 0 spiro atoms. The molecule has 1 aromatic carbocycles. The fourth-order valence-electron chi connectivity index (χ4n) is 2.83. The number of guanidine groups is 1. The third-order valence-corrected chi connectivity index (χ3v) is 4.26. The Morgan fingerprint density at radius 2 is 1.74 bits per heavy atom. The van der Waals surface area contributed by atoms with Crippen molar-refractivity contribution in [3.05, 3.63) is 47.7 Å². The van der Waals surface area contributed by atoms with Crippen molar-refractivity contribution in [1.82, 2.24) is 15.6 Å². The molecule has 0 bridgehead atoms. The van der Waals surface area contributed by atoms with Crippen molar-refractivity contribution in [2.45, 2.75) is 53.3 Å². The Morgan fingerprint density at radius 1 is 1.03 bits per heavy atom. The van der Waals surface area contributed by atoms with Gasteiger partial charge in [0.1, 0.15) is 0 Å². The molecule has 172 valence electrons. The molecule has 1 heterocycles. The number of aliphatic imine (C=N–C) groups is 1. The van der Waals surface area contributed by atoms with Crippen LogP contribution < -0.4 is 24.8 Å². The molecule has 1 atom stereocenters. The highest BCUT2D eigenvalue weighted by molar-refractivity contribution is 14.0. The number of halogens is 1. The minimum Gasteiger partial charge on any atom is -0.490 e. The summed E-state index contributed by atoms with van der Waals surface area (Å²) in [6.07, 6.45) is 1.92. The molecule has 0 saturated heterocycles. The van der Waals surface area contributed by atoms with E-state index in [4.69, 9.17) is 14.2 Å². The summed E-state index contributed by atoms with van der Waals surface area (Å²) in [6.45, 7) is 11.8. The van der Waals surface area contributed by atoms with Gasteiger partial charge >= 0.3 is 0 Å². The lowest BCUT2D eigenvalue weighted by Crippen LogP contribution is -2.38. The van der Waals surface area contributed by atoms with E-state index < -0.39 is 0 Å². The van der Waals surface area contributed by atoms with Gasteiger partial charge in [-0.05, 0) is 57.9 Å². The molecule has 31 heavy (non-hydrogen) atoms. The van der Waals surface area contributed by atoms with E-state index in [0.29, 0.717) is 31.6 Å². The molecule has 0 aliphatic rings. The van der Waals surface area contributed by atoms with Gasteiger partial charge in [0.25, 0.3) is 0 Å². The highest BCUT2D eigenvalue weighted by Crippen LogP contribution is 2.30. The first-order valence-electron chi connectivity index (χ1n) is 10.4. The molecule has 8 heteroatoms. The van der Waals surface area contributed by atoms with E-state index in [1.165, 1.54) is 0 Å². The number of hydrogen-bond donors (Lipinski definition) is 2. The summed E-state index contributed by atoms with van der Waals surface area (Å²) < 4.78 is 17.0. The van der Waals surface area contributed by atoms with E-state index in [1.54, 1.807) is 7.05 Å². The average molecular weight is 542 g/mol. The maximum Gasteiger partial charge on any atom is 0.213 e. The van der Waals surface area contributed by atoms with E-state index in [-0.39, 0.29) is 36.1 Å². The van der Waals surface area contributed by atoms with Crippen LogP contribution in [-0.2, 0) is 6.54 Å². The number of aromatic nitrogens is 1. The van der Waals surface area contributed by atoms with Crippen molar-refractivity contribution >= 4 is 29.9 Å². The van der Waals surface area contributed by atoms with Crippen LogP contribution in [0, 0.1) is 0 Å². The number of rotatable bonds is 10. The van der Waals surface area contributed by atoms with Crippen molar-refractivity contribution in [2.24, 2.45) is 4.99 Å². The van der Waals surface area contributed by atoms with Crippen LogP contribution in [0.1, 0.15) is 51.8 Å². The lowest BCUT2D eigenvalue weighted by atomic mass is 10.1. The summed E-state index contributed by atoms with van der Waals surface area (Å²) in [5, 5.41) is 6.73. The van der Waals surface area contributed by atoms with Crippen molar-refractivity contribution in [2.75, 3.05) is 20.3 Å². The van der Waals surface area contributed by atoms with Gasteiger partial charge in [0.2, 0.25) is 5.88 Å². The predicted molar refractivity (Wildman–Crippen MR) is 136 cm³/mol. The monoisotopic (exact) mass is 542 g/mol. The molecule has 0 aliphatic carbocycles. The van der Waals surface area contributed by atoms with Crippen molar-refractivity contribution in [3.8, 4) is 17.4 Å². The number of nitrogens with one attached hydrogen (secondary N) is 2. The number of hydrogen-bond acceptors (Lipinski definition) is 5. The first kappa shape index (κ1) is 26.8. The van der Waals surface area contributed by atoms with Crippen LogP contribution in [0.25, 0.3) is 0 Å². The van der Waals surface area contributed by atoms with Gasteiger partial charge in [-0.25, -0.2) is 4.98 Å². The highest BCUT2D eigenvalue weighted by Gasteiger charge is 2.12. The van der Waals surface area contributed by atoms with Gasteiger partial charge in [-0.2, -0.15) is 0 Å². The number of ether oxygens (including phenoxy) is 3. The van der Waals surface area contributed by atoms with Crippen LogP contribution in [0.15, 0.2) is 41.5 Å². The Kier molecular flexibility index (Phi) is 12.1. The van der Waals surface area contributed by atoms with E-state index in [2.05, 4.69) is 27.5 Å². The van der Waals surface area contributed by atoms with Crippen LogP contribution in [0.4, 0.5) is 0 Å². The third kappa shape index (κ3) is 8.80. The molecule has 0 fully saturated rings. The fraction of sp³-hybridized carbons (Fsp3) is 0.478. The Morgan fingerprint density at radius 3 is 2.32 bits per heavy atom. The Balaban J connectivity index is 0.00000480. The molecule has 2 N–H and O–H groups in total. The normalized spacial score (nSPS) is 12.0. The molecule has 2 rings (SSSR count). The third-order valence-electron chi connectivity index (χ3n) is 4.26. The summed E-state index contributed by atoms with van der Waals surface area (Å²) in [5.41, 5.74) is 2.13. The van der Waals surface area contributed by atoms with Crippen molar-refractivity contribution in [1.29, 1.82) is 0 Å². The molecule has 7 nitrogen and oxygen atoms in total. The molecular formula is C23H35IN4O3. The van der Waals surface area contributed by atoms with E-state index in [1.807, 2.05) is 64.2 Å². The first-order valence-corrected chi connectivity index (χ1v) is 10.4. The second kappa shape index (κ2) is 14.0. The van der Waals surface area contributed by atoms with Crippen LogP contribution in [0.2, 0.25) is 0 Å².